The van der Waals surface area contributed by atoms with Crippen LogP contribution < -0.4 is 10.2 Å². The monoisotopic (exact) mass is 833 g/mol. The first-order valence-electron chi connectivity index (χ1n) is 22.2. The number of anilines is 4. The third-order valence-electron chi connectivity index (χ3n) is 14.6. The van der Waals surface area contributed by atoms with Crippen molar-refractivity contribution >= 4 is 44.1 Å². The highest BCUT2D eigenvalue weighted by atomic mass is 32.1. The zero-order valence-corrected chi connectivity index (χ0v) is 37.2. The molecular weight excluding hydrogens is 771 g/mol. The van der Waals surface area contributed by atoms with Gasteiger partial charge in [-0.3, -0.25) is 4.68 Å². The molecule has 13 heteroatoms. The molecule has 10 rings (SSSR count). The largest absolute Gasteiger partial charge is 0.385 e. The van der Waals surface area contributed by atoms with Crippen LogP contribution >= 0.6 is 11.3 Å². The zero-order valence-electron chi connectivity index (χ0n) is 36.4. The van der Waals surface area contributed by atoms with Gasteiger partial charge in [0.25, 0.3) is 0 Å². The lowest BCUT2D eigenvalue weighted by atomic mass is 9.48. The average molecular weight is 834 g/mol. The van der Waals surface area contributed by atoms with Gasteiger partial charge in [-0.1, -0.05) is 37.3 Å². The van der Waals surface area contributed by atoms with E-state index in [9.17, 15) is 10.2 Å². The first kappa shape index (κ1) is 41.3. The third kappa shape index (κ3) is 8.08. The molecule has 5 unspecified atom stereocenters. The highest BCUT2D eigenvalue weighted by Gasteiger charge is 2.59. The fraction of sp³-hybridized carbons (Fsp3) is 0.596. The predicted molar refractivity (Wildman–Crippen MR) is 239 cm³/mol. The van der Waals surface area contributed by atoms with Crippen molar-refractivity contribution in [2.75, 3.05) is 50.6 Å². The number of ether oxygens (including phenoxy) is 1. The fourth-order valence-electron chi connectivity index (χ4n) is 12.8. The molecule has 5 aliphatic rings. The summed E-state index contributed by atoms with van der Waals surface area (Å²) in [5.74, 6) is 3.31. The SMILES string of the molecule is COCCCN(C)CCCC12CC3CC(C)(CC(C)(CC3Cn3ncc(-c4ccc(N5CCCc6c5nnc(Nc5nc7ccccc7s5)c6C)nc4C(O)O)c3C)C1)C2. The number of rotatable bonds is 15. The molecule has 4 bridgehead atoms. The summed E-state index contributed by atoms with van der Waals surface area (Å²) in [5.41, 5.74) is 7.11. The number of benzene rings is 1. The van der Waals surface area contributed by atoms with E-state index in [0.717, 1.165) is 89.1 Å². The minimum Gasteiger partial charge on any atom is -0.385 e. The molecule has 5 heterocycles. The van der Waals surface area contributed by atoms with E-state index >= 15 is 0 Å². The summed E-state index contributed by atoms with van der Waals surface area (Å²) in [4.78, 5) is 14.2. The van der Waals surface area contributed by atoms with Crippen molar-refractivity contribution < 1.29 is 14.9 Å². The van der Waals surface area contributed by atoms with Crippen molar-refractivity contribution in [2.45, 2.75) is 111 Å². The van der Waals surface area contributed by atoms with E-state index < -0.39 is 6.29 Å². The highest BCUT2D eigenvalue weighted by molar-refractivity contribution is 7.22. The zero-order chi connectivity index (χ0) is 41.8. The Hall–Kier alpha value is -4.01. The van der Waals surface area contributed by atoms with Crippen molar-refractivity contribution in [3.05, 3.63) is 65.1 Å². The topological polar surface area (TPSA) is 138 Å². The second-order valence-corrected chi connectivity index (χ2v) is 20.7. The van der Waals surface area contributed by atoms with Crippen molar-refractivity contribution in [1.82, 2.24) is 34.8 Å². The molecule has 12 nitrogen and oxygen atoms in total. The number of pyridine rings is 1. The van der Waals surface area contributed by atoms with E-state index in [1.807, 2.05) is 36.5 Å². The Morgan fingerprint density at radius 1 is 0.967 bits per heavy atom. The molecule has 5 aromatic rings. The molecule has 320 valence electrons. The summed E-state index contributed by atoms with van der Waals surface area (Å²) in [6, 6.07) is 12.0. The van der Waals surface area contributed by atoms with Crippen LogP contribution in [0.25, 0.3) is 21.3 Å². The maximum Gasteiger partial charge on any atom is 0.196 e. The van der Waals surface area contributed by atoms with Crippen LogP contribution in [0.2, 0.25) is 0 Å². The predicted octanol–water partition coefficient (Wildman–Crippen LogP) is 9.13. The summed E-state index contributed by atoms with van der Waals surface area (Å²) in [5, 5.41) is 40.1. The van der Waals surface area contributed by atoms with E-state index in [4.69, 9.17) is 24.9 Å². The highest BCUT2D eigenvalue weighted by Crippen LogP contribution is 2.69. The number of aromatic nitrogens is 6. The number of nitrogens with one attached hydrogen (secondary N) is 1. The molecule has 4 aliphatic carbocycles. The number of fused-ring (bicyclic) bond motifs is 3. The molecule has 4 saturated carbocycles. The Morgan fingerprint density at radius 3 is 2.57 bits per heavy atom. The molecule has 5 atom stereocenters. The second kappa shape index (κ2) is 16.4. The third-order valence-corrected chi connectivity index (χ3v) is 15.6. The van der Waals surface area contributed by atoms with Gasteiger partial charge in [0, 0.05) is 61.3 Å². The van der Waals surface area contributed by atoms with Crippen molar-refractivity contribution in [2.24, 2.45) is 28.1 Å². The van der Waals surface area contributed by atoms with E-state index in [2.05, 4.69) is 65.7 Å². The van der Waals surface area contributed by atoms with E-state index in [1.165, 1.54) is 51.4 Å². The van der Waals surface area contributed by atoms with Gasteiger partial charge >= 0.3 is 0 Å². The van der Waals surface area contributed by atoms with Gasteiger partial charge < -0.3 is 30.1 Å². The Kier molecular flexibility index (Phi) is 11.3. The minimum absolute atomic E-state index is 0.221. The molecule has 4 aromatic heterocycles. The van der Waals surface area contributed by atoms with Crippen LogP contribution in [0.15, 0.2) is 42.6 Å². The van der Waals surface area contributed by atoms with Crippen molar-refractivity contribution in [3.8, 4) is 11.1 Å². The van der Waals surface area contributed by atoms with Gasteiger partial charge in [0.15, 0.2) is 23.1 Å². The van der Waals surface area contributed by atoms with Crippen LogP contribution in [0.1, 0.15) is 107 Å². The summed E-state index contributed by atoms with van der Waals surface area (Å²) < 4.78 is 8.60. The molecule has 0 saturated heterocycles. The Bertz CT molecular complexity index is 2310. The molecule has 4 fully saturated rings. The van der Waals surface area contributed by atoms with Crippen LogP contribution in [0.3, 0.4) is 0 Å². The average Bonchev–Trinajstić information content (AvgIpc) is 3.75. The molecule has 0 amide bonds. The summed E-state index contributed by atoms with van der Waals surface area (Å²) in [6.45, 7) is 14.1. The number of nitrogens with zero attached hydrogens (tertiary/aromatic N) is 8. The Balaban J connectivity index is 0.925. The molecule has 0 radical (unpaired) electrons. The molecule has 3 N–H and O–H groups in total. The minimum atomic E-state index is -1.75. The first-order valence-corrected chi connectivity index (χ1v) is 23.0. The molecule has 1 aliphatic heterocycles. The van der Waals surface area contributed by atoms with Crippen molar-refractivity contribution in [1.29, 1.82) is 0 Å². The number of hydrogen-bond donors (Lipinski definition) is 3. The van der Waals surface area contributed by atoms with E-state index in [0.29, 0.717) is 51.8 Å². The first-order chi connectivity index (χ1) is 28.8. The number of para-hydroxylation sites is 1. The Labute approximate surface area is 358 Å². The van der Waals surface area contributed by atoms with Gasteiger partial charge in [-0.15, -0.1) is 10.2 Å². The summed E-state index contributed by atoms with van der Waals surface area (Å²) in [6.07, 6.45) is 13.6. The fourth-order valence-corrected chi connectivity index (χ4v) is 13.6. The lowest BCUT2D eigenvalue weighted by Gasteiger charge is -2.57. The number of aliphatic hydroxyl groups is 2. The Morgan fingerprint density at radius 2 is 1.77 bits per heavy atom. The number of methoxy groups -OCH3 is 1. The normalized spacial score (nSPS) is 26.1. The summed E-state index contributed by atoms with van der Waals surface area (Å²) >= 11 is 1.59. The maximum atomic E-state index is 10.8. The standard InChI is InChI=1S/C47H63N9O3S/c1-30-34-12-9-20-55(42(34)53-52-41(30)51-44-49-37-13-7-8-14-38(37)60-44)39-16-15-35(40(50-39)43(57)58)36-25-48-56(31(36)2)26-33-23-46(4)27-45(3)22-32(33)24-47(28-45,29-46)17-10-18-54(5)19-11-21-59-6/h7-8,13-16,25,32-33,43,57-58H,9-12,17-24,26-29H2,1-6H3,(H,49,51,52). The van der Waals surface area contributed by atoms with Crippen LogP contribution in [-0.4, -0.2) is 85.5 Å². The lowest BCUT2D eigenvalue weighted by molar-refractivity contribution is -0.0649. The molecule has 1 aromatic carbocycles. The number of thiazole rings is 1. The maximum absolute atomic E-state index is 10.8. The van der Waals surface area contributed by atoms with Gasteiger partial charge in [0.1, 0.15) is 11.5 Å². The second-order valence-electron chi connectivity index (χ2n) is 19.7. The number of hydrogen-bond acceptors (Lipinski definition) is 12. The van der Waals surface area contributed by atoms with Gasteiger partial charge in [-0.25, -0.2) is 9.97 Å². The van der Waals surface area contributed by atoms with Crippen LogP contribution in [0.5, 0.6) is 0 Å². The van der Waals surface area contributed by atoms with Crippen LogP contribution in [-0.2, 0) is 17.7 Å². The van der Waals surface area contributed by atoms with E-state index in [-0.39, 0.29) is 5.69 Å². The van der Waals surface area contributed by atoms with E-state index in [1.54, 1.807) is 18.4 Å². The van der Waals surface area contributed by atoms with Crippen LogP contribution in [0, 0.1) is 41.9 Å². The number of aliphatic hydroxyl groups excluding tert-OH is 1. The van der Waals surface area contributed by atoms with Gasteiger partial charge in [-0.2, -0.15) is 5.10 Å². The van der Waals surface area contributed by atoms with Gasteiger partial charge in [0.05, 0.1) is 16.4 Å². The molecule has 0 spiro atoms. The summed E-state index contributed by atoms with van der Waals surface area (Å²) in [7, 11) is 4.05. The smallest absolute Gasteiger partial charge is 0.196 e. The quantitative estimate of drug-likeness (QED) is 0.0688. The van der Waals surface area contributed by atoms with Crippen LogP contribution in [0.4, 0.5) is 22.6 Å². The van der Waals surface area contributed by atoms with Gasteiger partial charge in [0.2, 0.25) is 0 Å². The molecule has 60 heavy (non-hydrogen) atoms. The lowest BCUT2D eigenvalue weighted by Crippen LogP contribution is -2.46. The van der Waals surface area contributed by atoms with Crippen molar-refractivity contribution in [3.63, 3.8) is 0 Å². The van der Waals surface area contributed by atoms with Gasteiger partial charge in [-0.05, 0) is 150 Å². The molecular formula is C47H63N9O3S.